The molecule has 4 heteroatoms. The summed E-state index contributed by atoms with van der Waals surface area (Å²) in [5.41, 5.74) is 0.872. The molecular weight excluding hydrogens is 168 g/mol. The van der Waals surface area contributed by atoms with Crippen LogP contribution in [0, 0.1) is 5.92 Å². The number of aromatic nitrogens is 2. The van der Waals surface area contributed by atoms with Crippen LogP contribution in [0.4, 0.5) is 0 Å². The van der Waals surface area contributed by atoms with E-state index < -0.39 is 5.97 Å². The maximum Gasteiger partial charge on any atom is 0.306 e. The molecule has 4 nitrogen and oxygen atoms in total. The molecule has 0 bridgehead atoms. The standard InChI is InChI=1S/C9H12N2O2/c1-2-8(9(12)13)3-7-4-10-6-11-5-7/h4-6,8H,2-3H2,1H3,(H,12,13). The van der Waals surface area contributed by atoms with E-state index in [4.69, 9.17) is 5.11 Å². The Labute approximate surface area is 76.7 Å². The van der Waals surface area contributed by atoms with E-state index in [9.17, 15) is 4.79 Å². The predicted octanol–water partition coefficient (Wildman–Crippen LogP) is 1.13. The van der Waals surface area contributed by atoms with Gasteiger partial charge in [0.2, 0.25) is 0 Å². The average molecular weight is 180 g/mol. The first kappa shape index (κ1) is 9.64. The van der Waals surface area contributed by atoms with E-state index in [1.807, 2.05) is 6.92 Å². The van der Waals surface area contributed by atoms with Crippen molar-refractivity contribution in [3.63, 3.8) is 0 Å². The SMILES string of the molecule is CCC(Cc1cncnc1)C(=O)O. The first-order chi connectivity index (χ1) is 6.24. The van der Waals surface area contributed by atoms with Crippen LogP contribution < -0.4 is 0 Å². The monoisotopic (exact) mass is 180 g/mol. The van der Waals surface area contributed by atoms with Crippen LogP contribution in [0.25, 0.3) is 0 Å². The first-order valence-electron chi connectivity index (χ1n) is 4.20. The first-order valence-corrected chi connectivity index (χ1v) is 4.20. The van der Waals surface area contributed by atoms with Gasteiger partial charge in [-0.2, -0.15) is 0 Å². The quantitative estimate of drug-likeness (QED) is 0.754. The molecule has 0 aliphatic carbocycles. The summed E-state index contributed by atoms with van der Waals surface area (Å²) in [6.45, 7) is 1.86. The molecule has 0 saturated heterocycles. The van der Waals surface area contributed by atoms with E-state index >= 15 is 0 Å². The third kappa shape index (κ3) is 2.82. The van der Waals surface area contributed by atoms with Crippen molar-refractivity contribution < 1.29 is 9.90 Å². The second-order valence-corrected chi connectivity index (χ2v) is 2.89. The molecule has 1 aromatic rings. The van der Waals surface area contributed by atoms with E-state index in [1.165, 1.54) is 6.33 Å². The zero-order valence-corrected chi connectivity index (χ0v) is 7.47. The molecule has 1 unspecified atom stereocenters. The lowest BCUT2D eigenvalue weighted by molar-refractivity contribution is -0.141. The van der Waals surface area contributed by atoms with Gasteiger partial charge in [-0.05, 0) is 18.4 Å². The van der Waals surface area contributed by atoms with Crippen LogP contribution in [-0.2, 0) is 11.2 Å². The topological polar surface area (TPSA) is 63.1 Å². The maximum absolute atomic E-state index is 10.7. The molecule has 0 fully saturated rings. The van der Waals surface area contributed by atoms with Gasteiger partial charge in [0.1, 0.15) is 6.33 Å². The minimum atomic E-state index is -0.758. The molecule has 1 atom stereocenters. The van der Waals surface area contributed by atoms with Crippen molar-refractivity contribution in [1.29, 1.82) is 0 Å². The fourth-order valence-corrected chi connectivity index (χ4v) is 1.13. The Morgan fingerprint density at radius 2 is 2.15 bits per heavy atom. The Morgan fingerprint density at radius 1 is 1.54 bits per heavy atom. The molecule has 1 heterocycles. The van der Waals surface area contributed by atoms with Crippen LogP contribution >= 0.6 is 0 Å². The lowest BCUT2D eigenvalue weighted by Gasteiger charge is -2.07. The van der Waals surface area contributed by atoms with Gasteiger partial charge in [0.05, 0.1) is 5.92 Å². The summed E-state index contributed by atoms with van der Waals surface area (Å²) in [5, 5.41) is 8.79. The summed E-state index contributed by atoms with van der Waals surface area (Å²) < 4.78 is 0. The van der Waals surface area contributed by atoms with Crippen molar-refractivity contribution >= 4 is 5.97 Å². The number of rotatable bonds is 4. The highest BCUT2D eigenvalue weighted by Gasteiger charge is 2.15. The van der Waals surface area contributed by atoms with Crippen LogP contribution in [0.15, 0.2) is 18.7 Å². The number of carbonyl (C=O) groups is 1. The van der Waals surface area contributed by atoms with E-state index in [1.54, 1.807) is 12.4 Å². The molecule has 0 aliphatic rings. The Kier molecular flexibility index (Phi) is 3.37. The van der Waals surface area contributed by atoms with Gasteiger partial charge >= 0.3 is 5.97 Å². The number of hydrogen-bond acceptors (Lipinski definition) is 3. The summed E-state index contributed by atoms with van der Waals surface area (Å²) in [6, 6.07) is 0. The largest absolute Gasteiger partial charge is 0.481 e. The zero-order valence-electron chi connectivity index (χ0n) is 7.47. The number of carboxylic acid groups (broad SMARTS) is 1. The van der Waals surface area contributed by atoms with Crippen LogP contribution in [0.3, 0.4) is 0 Å². The van der Waals surface area contributed by atoms with Crippen molar-refractivity contribution in [3.05, 3.63) is 24.3 Å². The zero-order chi connectivity index (χ0) is 9.68. The molecule has 0 saturated carbocycles. The molecular formula is C9H12N2O2. The van der Waals surface area contributed by atoms with Gasteiger partial charge in [-0.25, -0.2) is 9.97 Å². The van der Waals surface area contributed by atoms with Crippen molar-refractivity contribution in [2.24, 2.45) is 5.92 Å². The highest BCUT2D eigenvalue weighted by molar-refractivity contribution is 5.70. The minimum Gasteiger partial charge on any atom is -0.481 e. The van der Waals surface area contributed by atoms with Gasteiger partial charge in [0.15, 0.2) is 0 Å². The summed E-state index contributed by atoms with van der Waals surface area (Å²) >= 11 is 0. The smallest absolute Gasteiger partial charge is 0.306 e. The van der Waals surface area contributed by atoms with Crippen molar-refractivity contribution in [1.82, 2.24) is 9.97 Å². The molecule has 0 aromatic carbocycles. The predicted molar refractivity (Wildman–Crippen MR) is 47.2 cm³/mol. The number of nitrogens with zero attached hydrogens (tertiary/aromatic N) is 2. The van der Waals surface area contributed by atoms with Gasteiger partial charge in [0, 0.05) is 12.4 Å². The fraction of sp³-hybridized carbons (Fsp3) is 0.444. The molecule has 1 rings (SSSR count). The van der Waals surface area contributed by atoms with Gasteiger partial charge in [-0.15, -0.1) is 0 Å². The molecule has 1 N–H and O–H groups in total. The van der Waals surface area contributed by atoms with E-state index in [-0.39, 0.29) is 5.92 Å². The molecule has 1 aromatic heterocycles. The van der Waals surface area contributed by atoms with Gasteiger partial charge in [-0.1, -0.05) is 6.92 Å². The van der Waals surface area contributed by atoms with Crippen molar-refractivity contribution in [2.45, 2.75) is 19.8 Å². The Morgan fingerprint density at radius 3 is 2.62 bits per heavy atom. The van der Waals surface area contributed by atoms with Crippen molar-refractivity contribution in [2.75, 3.05) is 0 Å². The number of carboxylic acids is 1. The molecule has 0 amide bonds. The Bertz CT molecular complexity index is 274. The lowest BCUT2D eigenvalue weighted by Crippen LogP contribution is -2.15. The Hall–Kier alpha value is -1.45. The van der Waals surface area contributed by atoms with E-state index in [0.717, 1.165) is 5.56 Å². The van der Waals surface area contributed by atoms with Crippen LogP contribution in [0.1, 0.15) is 18.9 Å². The number of hydrogen-bond donors (Lipinski definition) is 1. The summed E-state index contributed by atoms with van der Waals surface area (Å²) in [6.07, 6.45) is 5.87. The second-order valence-electron chi connectivity index (χ2n) is 2.89. The lowest BCUT2D eigenvalue weighted by atomic mass is 9.99. The van der Waals surface area contributed by atoms with Crippen LogP contribution in [0.5, 0.6) is 0 Å². The van der Waals surface area contributed by atoms with Crippen LogP contribution in [0.2, 0.25) is 0 Å². The van der Waals surface area contributed by atoms with Gasteiger partial charge in [-0.3, -0.25) is 4.79 Å². The van der Waals surface area contributed by atoms with Crippen molar-refractivity contribution in [3.8, 4) is 0 Å². The average Bonchev–Trinajstić information content (AvgIpc) is 2.15. The summed E-state index contributed by atoms with van der Waals surface area (Å²) in [4.78, 5) is 18.3. The summed E-state index contributed by atoms with van der Waals surface area (Å²) in [7, 11) is 0. The Balaban J connectivity index is 2.62. The van der Waals surface area contributed by atoms with Gasteiger partial charge in [0.25, 0.3) is 0 Å². The minimum absolute atomic E-state index is 0.328. The molecule has 13 heavy (non-hydrogen) atoms. The fourth-order valence-electron chi connectivity index (χ4n) is 1.13. The second kappa shape index (κ2) is 4.54. The maximum atomic E-state index is 10.7. The highest BCUT2D eigenvalue weighted by Crippen LogP contribution is 2.10. The molecule has 0 radical (unpaired) electrons. The normalized spacial score (nSPS) is 12.4. The summed E-state index contributed by atoms with van der Waals surface area (Å²) in [5.74, 6) is -1.09. The van der Waals surface area contributed by atoms with E-state index in [0.29, 0.717) is 12.8 Å². The number of aliphatic carboxylic acids is 1. The highest BCUT2D eigenvalue weighted by atomic mass is 16.4. The van der Waals surface area contributed by atoms with E-state index in [2.05, 4.69) is 9.97 Å². The van der Waals surface area contributed by atoms with Crippen LogP contribution in [-0.4, -0.2) is 21.0 Å². The molecule has 0 spiro atoms. The molecule has 0 aliphatic heterocycles. The third-order valence-corrected chi connectivity index (χ3v) is 1.94. The third-order valence-electron chi connectivity index (χ3n) is 1.94. The van der Waals surface area contributed by atoms with Gasteiger partial charge < -0.3 is 5.11 Å². The molecule has 70 valence electrons.